The monoisotopic (exact) mass is 426 g/mol. The van der Waals surface area contributed by atoms with E-state index in [9.17, 15) is 9.90 Å². The lowest BCUT2D eigenvalue weighted by molar-refractivity contribution is -0.137. The summed E-state index contributed by atoms with van der Waals surface area (Å²) in [4.78, 5) is 21.0. The summed E-state index contributed by atoms with van der Waals surface area (Å²) >= 11 is 1.65. The van der Waals surface area contributed by atoms with E-state index in [0.717, 1.165) is 36.5 Å². The molecule has 3 rings (SSSR count). The largest absolute Gasteiger partial charge is 0.481 e. The van der Waals surface area contributed by atoms with Crippen LogP contribution in [0.2, 0.25) is 0 Å². The first kappa shape index (κ1) is 21.8. The molecular weight excluding hydrogens is 400 g/mol. The standard InChI is InChI=1S/C22H26N4O3S/c27-22(28)15-17(16-30-18-8-2-1-3-9-18)14-21-25-20(26-29-21)11-5-7-13-24-19-10-4-6-12-23-19/h1-4,6,8-10,12,17H,5,7,11,13-16H2,(H,23,24)(H,27,28). The van der Waals surface area contributed by atoms with Crippen LogP contribution >= 0.6 is 11.8 Å². The molecule has 1 atom stereocenters. The normalized spacial score (nSPS) is 11.9. The van der Waals surface area contributed by atoms with Gasteiger partial charge in [-0.15, -0.1) is 11.8 Å². The zero-order valence-corrected chi connectivity index (χ0v) is 17.6. The van der Waals surface area contributed by atoms with Crippen LogP contribution in [-0.4, -0.2) is 38.5 Å². The average molecular weight is 427 g/mol. The molecule has 8 heteroatoms. The van der Waals surface area contributed by atoms with Gasteiger partial charge in [0.1, 0.15) is 5.82 Å². The highest BCUT2D eigenvalue weighted by atomic mass is 32.2. The smallest absolute Gasteiger partial charge is 0.303 e. The lowest BCUT2D eigenvalue weighted by Gasteiger charge is -2.12. The number of nitrogens with one attached hydrogen (secondary N) is 1. The molecule has 0 aliphatic carbocycles. The summed E-state index contributed by atoms with van der Waals surface area (Å²) in [5.41, 5.74) is 0. The zero-order chi connectivity index (χ0) is 21.0. The van der Waals surface area contributed by atoms with E-state index in [1.165, 1.54) is 0 Å². The van der Waals surface area contributed by atoms with E-state index in [-0.39, 0.29) is 12.3 Å². The lowest BCUT2D eigenvalue weighted by Crippen LogP contribution is -2.13. The lowest BCUT2D eigenvalue weighted by atomic mass is 10.0. The Labute approximate surface area is 180 Å². The summed E-state index contributed by atoms with van der Waals surface area (Å²) in [6.45, 7) is 0.832. The second kappa shape index (κ2) is 12.0. The number of aromatic nitrogens is 3. The minimum absolute atomic E-state index is 0.0661. The van der Waals surface area contributed by atoms with E-state index >= 15 is 0 Å². The van der Waals surface area contributed by atoms with Gasteiger partial charge >= 0.3 is 5.97 Å². The fraction of sp³-hybridized carbons (Fsp3) is 0.364. The topological polar surface area (TPSA) is 101 Å². The van der Waals surface area contributed by atoms with Crippen LogP contribution in [0.5, 0.6) is 0 Å². The molecule has 1 aromatic carbocycles. The predicted molar refractivity (Wildman–Crippen MR) is 117 cm³/mol. The number of benzene rings is 1. The number of aliphatic carboxylic acids is 1. The molecule has 0 saturated carbocycles. The van der Waals surface area contributed by atoms with Crippen molar-refractivity contribution in [1.29, 1.82) is 0 Å². The van der Waals surface area contributed by atoms with Crippen LogP contribution in [0.15, 0.2) is 64.1 Å². The van der Waals surface area contributed by atoms with Crippen LogP contribution in [0.25, 0.3) is 0 Å². The first-order chi connectivity index (χ1) is 14.7. The summed E-state index contributed by atoms with van der Waals surface area (Å²) in [5, 5.41) is 16.6. The van der Waals surface area contributed by atoms with Gasteiger partial charge in [0.05, 0.1) is 0 Å². The van der Waals surface area contributed by atoms with Crippen molar-refractivity contribution in [2.24, 2.45) is 5.92 Å². The van der Waals surface area contributed by atoms with Gasteiger partial charge in [0.2, 0.25) is 5.89 Å². The van der Waals surface area contributed by atoms with Crippen molar-refractivity contribution in [2.45, 2.75) is 37.0 Å². The highest BCUT2D eigenvalue weighted by Crippen LogP contribution is 2.24. The number of carbonyl (C=O) groups is 1. The Morgan fingerprint density at radius 3 is 2.73 bits per heavy atom. The first-order valence-corrected chi connectivity index (χ1v) is 11.0. The summed E-state index contributed by atoms with van der Waals surface area (Å²) in [7, 11) is 0. The molecule has 0 fully saturated rings. The first-order valence-electron chi connectivity index (χ1n) is 10.0. The number of hydrogen-bond donors (Lipinski definition) is 2. The molecule has 3 aromatic rings. The molecule has 0 bridgehead atoms. The summed E-state index contributed by atoms with van der Waals surface area (Å²) in [6, 6.07) is 15.7. The van der Waals surface area contributed by atoms with Gasteiger partial charge in [-0.3, -0.25) is 4.79 Å². The molecule has 0 saturated heterocycles. The number of pyridine rings is 1. The number of thioether (sulfide) groups is 1. The molecule has 0 radical (unpaired) electrons. The molecule has 2 N–H and O–H groups in total. The van der Waals surface area contributed by atoms with E-state index < -0.39 is 5.97 Å². The molecule has 2 aromatic heterocycles. The minimum atomic E-state index is -0.811. The average Bonchev–Trinajstić information content (AvgIpc) is 3.20. The fourth-order valence-electron chi connectivity index (χ4n) is 2.98. The van der Waals surface area contributed by atoms with Crippen molar-refractivity contribution < 1.29 is 14.4 Å². The Bertz CT molecular complexity index is 890. The van der Waals surface area contributed by atoms with Crippen molar-refractivity contribution in [2.75, 3.05) is 17.6 Å². The Kier molecular flexibility index (Phi) is 8.71. The Morgan fingerprint density at radius 2 is 1.97 bits per heavy atom. The van der Waals surface area contributed by atoms with Crippen molar-refractivity contribution in [1.82, 2.24) is 15.1 Å². The van der Waals surface area contributed by atoms with Crippen LogP contribution < -0.4 is 5.32 Å². The van der Waals surface area contributed by atoms with Crippen molar-refractivity contribution in [3.05, 3.63) is 66.4 Å². The van der Waals surface area contributed by atoms with Gasteiger partial charge in [-0.25, -0.2) is 4.98 Å². The summed E-state index contributed by atoms with van der Waals surface area (Å²) in [6.07, 6.45) is 4.95. The molecule has 0 aliphatic rings. The van der Waals surface area contributed by atoms with E-state index in [1.54, 1.807) is 18.0 Å². The molecule has 2 heterocycles. The fourth-order valence-corrected chi connectivity index (χ4v) is 3.99. The molecule has 7 nitrogen and oxygen atoms in total. The second-order valence-corrected chi connectivity index (χ2v) is 8.09. The quantitative estimate of drug-likeness (QED) is 0.308. The Hall–Kier alpha value is -2.87. The maximum Gasteiger partial charge on any atom is 0.303 e. The van der Waals surface area contributed by atoms with Crippen LogP contribution in [0, 0.1) is 5.92 Å². The van der Waals surface area contributed by atoms with E-state index in [1.807, 2.05) is 48.5 Å². The highest BCUT2D eigenvalue weighted by Gasteiger charge is 2.18. The number of rotatable bonds is 13. The summed E-state index contributed by atoms with van der Waals surface area (Å²) < 4.78 is 5.37. The van der Waals surface area contributed by atoms with Crippen molar-refractivity contribution >= 4 is 23.5 Å². The highest BCUT2D eigenvalue weighted by molar-refractivity contribution is 7.99. The third kappa shape index (κ3) is 7.87. The van der Waals surface area contributed by atoms with Gasteiger partial charge in [-0.2, -0.15) is 4.98 Å². The molecule has 1 unspecified atom stereocenters. The second-order valence-electron chi connectivity index (χ2n) is 7.00. The Morgan fingerprint density at radius 1 is 1.13 bits per heavy atom. The van der Waals surface area contributed by atoms with Crippen molar-refractivity contribution in [3.8, 4) is 0 Å². The van der Waals surface area contributed by atoms with Gasteiger partial charge in [0.15, 0.2) is 5.82 Å². The van der Waals surface area contributed by atoms with Gasteiger partial charge < -0.3 is 14.9 Å². The molecule has 158 valence electrons. The molecule has 30 heavy (non-hydrogen) atoms. The van der Waals surface area contributed by atoms with Crippen LogP contribution in [0.3, 0.4) is 0 Å². The van der Waals surface area contributed by atoms with Crippen molar-refractivity contribution in [3.63, 3.8) is 0 Å². The number of anilines is 1. The maximum atomic E-state index is 11.2. The number of hydrogen-bond acceptors (Lipinski definition) is 7. The number of aryl methyl sites for hydroxylation is 1. The molecule has 0 aliphatic heterocycles. The van der Waals surface area contributed by atoms with Crippen LogP contribution in [0.4, 0.5) is 5.82 Å². The predicted octanol–water partition coefficient (Wildman–Crippen LogP) is 4.33. The SMILES string of the molecule is O=C(O)CC(CSc1ccccc1)Cc1nc(CCCCNc2ccccn2)no1. The number of carboxylic acids is 1. The van der Waals surface area contributed by atoms with E-state index in [0.29, 0.717) is 23.9 Å². The number of carboxylic acid groups (broad SMARTS) is 1. The summed E-state index contributed by atoms with van der Waals surface area (Å²) in [5.74, 6) is 1.87. The molecule has 0 amide bonds. The molecular formula is C22H26N4O3S. The number of unbranched alkanes of at least 4 members (excludes halogenated alkanes) is 1. The van der Waals surface area contributed by atoms with E-state index in [2.05, 4.69) is 20.4 Å². The van der Waals surface area contributed by atoms with Gasteiger partial charge in [-0.1, -0.05) is 29.4 Å². The molecule has 0 spiro atoms. The van der Waals surface area contributed by atoms with Gasteiger partial charge in [0.25, 0.3) is 0 Å². The zero-order valence-electron chi connectivity index (χ0n) is 16.7. The van der Waals surface area contributed by atoms with E-state index in [4.69, 9.17) is 4.52 Å². The van der Waals surface area contributed by atoms with Gasteiger partial charge in [0, 0.05) is 42.7 Å². The Balaban J connectivity index is 1.41. The van der Waals surface area contributed by atoms with Gasteiger partial charge in [-0.05, 0) is 43.0 Å². The van der Waals surface area contributed by atoms with Crippen LogP contribution in [0.1, 0.15) is 31.0 Å². The maximum absolute atomic E-state index is 11.2. The third-order valence-electron chi connectivity index (χ3n) is 4.46. The third-order valence-corrected chi connectivity index (χ3v) is 5.71. The van der Waals surface area contributed by atoms with Crippen LogP contribution in [-0.2, 0) is 17.6 Å². The number of nitrogens with zero attached hydrogens (tertiary/aromatic N) is 3. The minimum Gasteiger partial charge on any atom is -0.481 e.